The summed E-state index contributed by atoms with van der Waals surface area (Å²) in [5, 5.41) is 32.7. The molecule has 0 aliphatic carbocycles. The quantitative estimate of drug-likeness (QED) is 0.457. The van der Waals surface area contributed by atoms with Gasteiger partial charge in [-0.15, -0.1) is 0 Å². The molecule has 0 aromatic heterocycles. The summed E-state index contributed by atoms with van der Waals surface area (Å²) in [6.45, 7) is 1.91. The van der Waals surface area contributed by atoms with Crippen molar-refractivity contribution in [1.29, 1.82) is 0 Å². The van der Waals surface area contributed by atoms with Crippen molar-refractivity contribution >= 4 is 5.97 Å². The van der Waals surface area contributed by atoms with Crippen LogP contribution in [0, 0.1) is 11.8 Å². The van der Waals surface area contributed by atoms with Crippen molar-refractivity contribution in [2.45, 2.75) is 19.1 Å². The number of quaternary nitrogens is 1. The van der Waals surface area contributed by atoms with E-state index in [-0.39, 0.29) is 12.6 Å². The van der Waals surface area contributed by atoms with E-state index < -0.39 is 23.9 Å². The molecule has 1 aliphatic rings. The maximum absolute atomic E-state index is 11.5. The van der Waals surface area contributed by atoms with Crippen molar-refractivity contribution in [3.63, 3.8) is 0 Å². The molecule has 1 rings (SSSR count). The van der Waals surface area contributed by atoms with E-state index in [1.54, 1.807) is 12.2 Å². The van der Waals surface area contributed by atoms with Crippen molar-refractivity contribution < 1.29 is 25.4 Å². The molecule has 3 N–H and O–H groups in total. The maximum atomic E-state index is 11.5. The number of rotatable bonds is 2. The first kappa shape index (κ1) is 10.4. The topological polar surface area (TPSA) is 100 Å². The lowest BCUT2D eigenvalue weighted by Crippen LogP contribution is -2.97. The van der Waals surface area contributed by atoms with Gasteiger partial charge in [-0.3, -0.25) is 0 Å². The highest BCUT2D eigenvalue weighted by Gasteiger charge is 2.34. The Balaban J connectivity index is 2.74. The second-order valence-corrected chi connectivity index (χ2v) is 3.58. The molecule has 5 nitrogen and oxygen atoms in total. The van der Waals surface area contributed by atoms with Crippen molar-refractivity contribution in [1.82, 2.24) is 0 Å². The normalized spacial score (nSPS) is 40.2. The second-order valence-electron chi connectivity index (χ2n) is 3.58. The molecular weight excluding hydrogens is 174 g/mol. The lowest BCUT2D eigenvalue weighted by molar-refractivity contribution is -0.735. The lowest BCUT2D eigenvalue weighted by Gasteiger charge is -2.44. The van der Waals surface area contributed by atoms with Crippen LogP contribution in [-0.2, 0) is 4.79 Å². The second kappa shape index (κ2) is 4.04. The molecule has 0 amide bonds. The highest BCUT2D eigenvalue weighted by molar-refractivity contribution is 5.69. The first-order valence-corrected chi connectivity index (χ1v) is 4.38. The van der Waals surface area contributed by atoms with Crippen LogP contribution in [0.3, 0.4) is 0 Å². The third-order valence-electron chi connectivity index (χ3n) is 2.70. The number of carbonyl (C=O) groups excluding carboxylic acids is 1. The van der Waals surface area contributed by atoms with Gasteiger partial charge in [-0.2, -0.15) is 0 Å². The summed E-state index contributed by atoms with van der Waals surface area (Å²) in [5.74, 6) is -2.85. The Morgan fingerprint density at radius 3 is 2.77 bits per heavy atom. The number of carboxylic acid groups (broad SMARTS) is 1. The van der Waals surface area contributed by atoms with E-state index in [1.807, 2.05) is 0 Å². The number of piperidine rings is 1. The zero-order valence-corrected chi connectivity index (χ0v) is 7.47. The van der Waals surface area contributed by atoms with Crippen molar-refractivity contribution in [2.75, 3.05) is 13.2 Å². The monoisotopic (exact) mass is 188 g/mol. The third kappa shape index (κ3) is 1.99. The molecule has 0 aromatic carbocycles. The number of hydrogen-bond acceptors (Lipinski definition) is 4. The molecule has 1 fully saturated rings. The number of aliphatic hydroxyl groups is 1. The molecule has 0 aromatic rings. The highest BCUT2D eigenvalue weighted by Crippen LogP contribution is 2.17. The Labute approximate surface area is 76.4 Å². The summed E-state index contributed by atoms with van der Waals surface area (Å²) < 4.78 is 0. The predicted molar refractivity (Wildman–Crippen MR) is 39.1 cm³/mol. The Bertz CT molecular complexity index is 195. The molecule has 0 spiro atoms. The molecule has 76 valence electrons. The standard InChI is InChI=1S/C8H14NO4/c1-4-7(11)6(8(12)13)5(3-10)2-9-4/h4-7,9-10H,2-3H2,1H3,(H,12,13)/q-1. The van der Waals surface area contributed by atoms with Gasteiger partial charge in [-0.05, 0) is 6.92 Å². The van der Waals surface area contributed by atoms with Crippen molar-refractivity contribution in [3.8, 4) is 0 Å². The van der Waals surface area contributed by atoms with E-state index in [0.29, 0.717) is 6.54 Å². The third-order valence-corrected chi connectivity index (χ3v) is 2.70. The fraction of sp³-hybridized carbons (Fsp3) is 0.875. The fourth-order valence-electron chi connectivity index (χ4n) is 1.78. The van der Waals surface area contributed by atoms with Crippen LogP contribution < -0.4 is 15.5 Å². The van der Waals surface area contributed by atoms with Crippen molar-refractivity contribution in [2.24, 2.45) is 11.8 Å². The van der Waals surface area contributed by atoms with E-state index in [4.69, 9.17) is 5.11 Å². The van der Waals surface area contributed by atoms with Crippen LogP contribution in [0.1, 0.15) is 6.92 Å². The summed E-state index contributed by atoms with van der Waals surface area (Å²) in [5.41, 5.74) is 0. The highest BCUT2D eigenvalue weighted by atomic mass is 16.4. The maximum Gasteiger partial charge on any atom is 0.0813 e. The SMILES string of the molecule is CC1[NH2+]CC(CO)C(C(=O)[O-])C1[O-]. The largest absolute Gasteiger partial charge is 0.847 e. The van der Waals surface area contributed by atoms with Crippen LogP contribution in [0.2, 0.25) is 0 Å². The van der Waals surface area contributed by atoms with Crippen LogP contribution in [0.5, 0.6) is 0 Å². The summed E-state index contributed by atoms with van der Waals surface area (Å²) >= 11 is 0. The molecule has 1 saturated heterocycles. The molecular formula is C8H14NO4-. The van der Waals surface area contributed by atoms with Gasteiger partial charge >= 0.3 is 0 Å². The van der Waals surface area contributed by atoms with E-state index in [9.17, 15) is 15.0 Å². The van der Waals surface area contributed by atoms with Gasteiger partial charge in [-0.25, -0.2) is 0 Å². The summed E-state index contributed by atoms with van der Waals surface area (Å²) in [4.78, 5) is 10.6. The van der Waals surface area contributed by atoms with E-state index >= 15 is 0 Å². The molecule has 4 atom stereocenters. The Morgan fingerprint density at radius 2 is 2.31 bits per heavy atom. The van der Waals surface area contributed by atoms with Crippen molar-refractivity contribution in [3.05, 3.63) is 0 Å². The molecule has 4 unspecified atom stereocenters. The first-order valence-electron chi connectivity index (χ1n) is 4.38. The van der Waals surface area contributed by atoms with Gasteiger partial charge in [0.1, 0.15) is 0 Å². The minimum Gasteiger partial charge on any atom is -0.847 e. The van der Waals surface area contributed by atoms with Crippen LogP contribution >= 0.6 is 0 Å². The van der Waals surface area contributed by atoms with Gasteiger partial charge in [0.15, 0.2) is 0 Å². The van der Waals surface area contributed by atoms with Gasteiger partial charge in [0.05, 0.1) is 19.2 Å². The summed E-state index contributed by atoms with van der Waals surface area (Å²) in [7, 11) is 0. The van der Waals surface area contributed by atoms with Crippen LogP contribution in [0.25, 0.3) is 0 Å². The number of aliphatic carboxylic acids is 1. The molecule has 5 heteroatoms. The van der Waals surface area contributed by atoms with E-state index in [1.165, 1.54) is 0 Å². The zero-order chi connectivity index (χ0) is 10.0. The number of carbonyl (C=O) groups is 1. The molecule has 0 bridgehead atoms. The molecule has 13 heavy (non-hydrogen) atoms. The number of aliphatic hydroxyl groups excluding tert-OH is 1. The zero-order valence-electron chi connectivity index (χ0n) is 7.47. The number of carboxylic acids is 1. The lowest BCUT2D eigenvalue weighted by atomic mass is 9.81. The van der Waals surface area contributed by atoms with Crippen LogP contribution in [-0.4, -0.2) is 36.4 Å². The van der Waals surface area contributed by atoms with E-state index in [0.717, 1.165) is 0 Å². The van der Waals surface area contributed by atoms with Gasteiger partial charge in [0, 0.05) is 17.8 Å². The fourth-order valence-corrected chi connectivity index (χ4v) is 1.78. The average molecular weight is 188 g/mol. The van der Waals surface area contributed by atoms with Crippen LogP contribution in [0.15, 0.2) is 0 Å². The van der Waals surface area contributed by atoms with E-state index in [2.05, 4.69) is 0 Å². The number of nitrogens with two attached hydrogens (primary N) is 1. The Hall–Kier alpha value is -0.650. The molecule has 1 aliphatic heterocycles. The predicted octanol–water partition coefficient (Wildman–Crippen LogP) is -4.34. The van der Waals surface area contributed by atoms with Gasteiger partial charge in [0.25, 0.3) is 0 Å². The van der Waals surface area contributed by atoms with Gasteiger partial charge in [0.2, 0.25) is 0 Å². The van der Waals surface area contributed by atoms with Gasteiger partial charge < -0.3 is 25.4 Å². The Morgan fingerprint density at radius 1 is 1.69 bits per heavy atom. The first-order chi connectivity index (χ1) is 6.07. The van der Waals surface area contributed by atoms with Gasteiger partial charge in [-0.1, -0.05) is 6.10 Å². The molecule has 0 saturated carbocycles. The molecule has 1 heterocycles. The minimum atomic E-state index is -1.33. The average Bonchev–Trinajstić information content (AvgIpc) is 2.08. The Kier molecular flexibility index (Phi) is 3.24. The minimum absolute atomic E-state index is 0.259. The number of hydrogen-bond donors (Lipinski definition) is 2. The summed E-state index contributed by atoms with van der Waals surface area (Å²) in [6, 6.07) is -0.259. The molecule has 0 radical (unpaired) electrons. The van der Waals surface area contributed by atoms with Crippen LogP contribution in [0.4, 0.5) is 0 Å². The smallest absolute Gasteiger partial charge is 0.0813 e. The summed E-state index contributed by atoms with van der Waals surface area (Å²) in [6.07, 6.45) is -1.18.